The first-order chi connectivity index (χ1) is 7.55. The van der Waals surface area contributed by atoms with Crippen molar-refractivity contribution >= 4 is 0 Å². The van der Waals surface area contributed by atoms with E-state index < -0.39 is 0 Å². The Morgan fingerprint density at radius 3 is 2.94 bits per heavy atom. The van der Waals surface area contributed by atoms with Crippen molar-refractivity contribution in [2.24, 2.45) is 0 Å². The minimum absolute atomic E-state index is 0.163. The predicted octanol–water partition coefficient (Wildman–Crippen LogP) is 2.06. The lowest BCUT2D eigenvalue weighted by Gasteiger charge is -2.17. The van der Waals surface area contributed by atoms with Gasteiger partial charge in [0.25, 0.3) is 0 Å². The fraction of sp³-hybridized carbons (Fsp3) is 0.538. The van der Waals surface area contributed by atoms with E-state index in [-0.39, 0.29) is 11.4 Å². The van der Waals surface area contributed by atoms with Gasteiger partial charge >= 0.3 is 0 Å². The van der Waals surface area contributed by atoms with E-state index in [0.717, 1.165) is 25.1 Å². The summed E-state index contributed by atoms with van der Waals surface area (Å²) >= 11 is 0. The average Bonchev–Trinajstić information content (AvgIpc) is 2.56. The van der Waals surface area contributed by atoms with Gasteiger partial charge < -0.3 is 10.6 Å². The van der Waals surface area contributed by atoms with Gasteiger partial charge in [-0.15, -0.1) is 0 Å². The van der Waals surface area contributed by atoms with Crippen LogP contribution in [0.1, 0.15) is 25.8 Å². The van der Waals surface area contributed by atoms with E-state index in [9.17, 15) is 4.39 Å². The van der Waals surface area contributed by atoms with E-state index in [4.69, 9.17) is 0 Å². The lowest BCUT2D eigenvalue weighted by Crippen LogP contribution is -2.31. The van der Waals surface area contributed by atoms with E-state index >= 15 is 0 Å². The van der Waals surface area contributed by atoms with Crippen LogP contribution in [0.15, 0.2) is 24.3 Å². The zero-order valence-electron chi connectivity index (χ0n) is 9.89. The Hall–Kier alpha value is -0.930. The van der Waals surface area contributed by atoms with Crippen molar-refractivity contribution in [1.29, 1.82) is 0 Å². The normalized spacial score (nSPS) is 23.6. The zero-order chi connectivity index (χ0) is 11.6. The van der Waals surface area contributed by atoms with E-state index in [1.807, 2.05) is 6.07 Å². The summed E-state index contributed by atoms with van der Waals surface area (Å²) in [6.07, 6.45) is 1.11. The summed E-state index contributed by atoms with van der Waals surface area (Å²) in [6, 6.07) is 7.25. The molecule has 1 aromatic rings. The lowest BCUT2D eigenvalue weighted by atomic mass is 10.0. The minimum atomic E-state index is -0.163. The number of halogens is 1. The summed E-state index contributed by atoms with van der Waals surface area (Å²) in [7, 11) is 0. The molecule has 1 saturated heterocycles. The largest absolute Gasteiger partial charge is 0.310 e. The second-order valence-corrected chi connectivity index (χ2v) is 5.18. The third-order valence-corrected chi connectivity index (χ3v) is 3.07. The van der Waals surface area contributed by atoms with E-state index in [0.29, 0.717) is 6.04 Å². The molecule has 1 unspecified atom stereocenters. The molecular weight excluding hydrogens is 203 g/mol. The summed E-state index contributed by atoms with van der Waals surface area (Å²) in [5.41, 5.74) is 1.23. The molecule has 1 aromatic carbocycles. The lowest BCUT2D eigenvalue weighted by molar-refractivity contribution is 0.442. The van der Waals surface area contributed by atoms with Gasteiger partial charge in [0, 0.05) is 24.7 Å². The topological polar surface area (TPSA) is 24.1 Å². The van der Waals surface area contributed by atoms with Gasteiger partial charge in [-0.05, 0) is 38.0 Å². The van der Waals surface area contributed by atoms with Crippen LogP contribution in [0, 0.1) is 5.82 Å². The fourth-order valence-electron chi connectivity index (χ4n) is 2.21. The summed E-state index contributed by atoms with van der Waals surface area (Å²) in [5, 5.41) is 6.91. The van der Waals surface area contributed by atoms with E-state index in [1.165, 1.54) is 6.07 Å². The number of rotatable bonds is 3. The number of hydrogen-bond donors (Lipinski definition) is 2. The summed E-state index contributed by atoms with van der Waals surface area (Å²) in [6.45, 7) is 6.14. The molecule has 88 valence electrons. The van der Waals surface area contributed by atoms with Gasteiger partial charge in [0.2, 0.25) is 0 Å². The van der Waals surface area contributed by atoms with Crippen molar-refractivity contribution in [1.82, 2.24) is 10.6 Å². The van der Waals surface area contributed by atoms with Crippen molar-refractivity contribution in [3.05, 3.63) is 35.6 Å². The van der Waals surface area contributed by atoms with Crippen molar-refractivity contribution in [2.45, 2.75) is 38.4 Å². The smallest absolute Gasteiger partial charge is 0.123 e. The van der Waals surface area contributed by atoms with Crippen LogP contribution in [0.25, 0.3) is 0 Å². The van der Waals surface area contributed by atoms with Crippen LogP contribution in [0.4, 0.5) is 4.39 Å². The maximum absolute atomic E-state index is 13.0. The molecule has 0 aliphatic carbocycles. The molecule has 0 spiro atoms. The van der Waals surface area contributed by atoms with Crippen molar-refractivity contribution in [3.63, 3.8) is 0 Å². The quantitative estimate of drug-likeness (QED) is 0.818. The first kappa shape index (κ1) is 11.6. The van der Waals surface area contributed by atoms with E-state index in [1.54, 1.807) is 12.1 Å². The highest BCUT2D eigenvalue weighted by Gasteiger charge is 2.29. The highest BCUT2D eigenvalue weighted by Crippen LogP contribution is 2.18. The molecule has 2 N–H and O–H groups in total. The third-order valence-electron chi connectivity index (χ3n) is 3.07. The first-order valence-corrected chi connectivity index (χ1v) is 5.78. The third kappa shape index (κ3) is 3.03. The number of hydrogen-bond acceptors (Lipinski definition) is 2. The second-order valence-electron chi connectivity index (χ2n) is 5.18. The van der Waals surface area contributed by atoms with Crippen LogP contribution in [-0.2, 0) is 6.54 Å². The Balaban J connectivity index is 1.84. The molecule has 1 heterocycles. The van der Waals surface area contributed by atoms with Crippen LogP contribution in [0.2, 0.25) is 0 Å². The second kappa shape index (κ2) is 4.52. The zero-order valence-corrected chi connectivity index (χ0v) is 9.89. The highest BCUT2D eigenvalue weighted by atomic mass is 19.1. The standard InChI is InChI=1S/C13H19FN2/c1-13(2)7-12(9-16-13)15-8-10-4-3-5-11(14)6-10/h3-6,12,15-16H,7-9H2,1-2H3. The fourth-order valence-corrected chi connectivity index (χ4v) is 2.21. The number of nitrogens with one attached hydrogen (secondary N) is 2. The Morgan fingerprint density at radius 1 is 1.50 bits per heavy atom. The molecule has 0 aromatic heterocycles. The molecule has 2 nitrogen and oxygen atoms in total. The Kier molecular flexibility index (Phi) is 3.26. The Labute approximate surface area is 96.2 Å². The first-order valence-electron chi connectivity index (χ1n) is 5.78. The Bertz CT molecular complexity index is 363. The molecular formula is C13H19FN2. The van der Waals surface area contributed by atoms with Gasteiger partial charge in [0.05, 0.1) is 0 Å². The molecule has 1 aliphatic heterocycles. The predicted molar refractivity (Wildman–Crippen MR) is 63.7 cm³/mol. The highest BCUT2D eigenvalue weighted by molar-refractivity contribution is 5.16. The van der Waals surface area contributed by atoms with Crippen LogP contribution >= 0.6 is 0 Å². The molecule has 0 saturated carbocycles. The average molecular weight is 222 g/mol. The molecule has 1 aliphatic rings. The van der Waals surface area contributed by atoms with Gasteiger partial charge in [-0.3, -0.25) is 0 Å². The monoisotopic (exact) mass is 222 g/mol. The van der Waals surface area contributed by atoms with Crippen molar-refractivity contribution < 1.29 is 4.39 Å². The minimum Gasteiger partial charge on any atom is -0.310 e. The van der Waals surface area contributed by atoms with Crippen LogP contribution < -0.4 is 10.6 Å². The van der Waals surface area contributed by atoms with Crippen LogP contribution in [0.3, 0.4) is 0 Å². The van der Waals surface area contributed by atoms with Gasteiger partial charge in [-0.1, -0.05) is 12.1 Å². The molecule has 1 fully saturated rings. The molecule has 1 atom stereocenters. The molecule has 0 amide bonds. The van der Waals surface area contributed by atoms with Gasteiger partial charge in [-0.2, -0.15) is 0 Å². The van der Waals surface area contributed by atoms with Gasteiger partial charge in [0.15, 0.2) is 0 Å². The van der Waals surface area contributed by atoms with Crippen LogP contribution in [-0.4, -0.2) is 18.1 Å². The molecule has 3 heteroatoms. The molecule has 0 radical (unpaired) electrons. The van der Waals surface area contributed by atoms with Gasteiger partial charge in [-0.25, -0.2) is 4.39 Å². The Morgan fingerprint density at radius 2 is 2.31 bits per heavy atom. The SMILES string of the molecule is CC1(C)CC(NCc2cccc(F)c2)CN1. The molecule has 16 heavy (non-hydrogen) atoms. The number of benzene rings is 1. The maximum Gasteiger partial charge on any atom is 0.123 e. The van der Waals surface area contributed by atoms with Crippen molar-refractivity contribution in [3.8, 4) is 0 Å². The van der Waals surface area contributed by atoms with Gasteiger partial charge in [0.1, 0.15) is 5.82 Å². The van der Waals surface area contributed by atoms with E-state index in [2.05, 4.69) is 24.5 Å². The molecule has 0 bridgehead atoms. The molecule has 2 rings (SSSR count). The van der Waals surface area contributed by atoms with Crippen molar-refractivity contribution in [2.75, 3.05) is 6.54 Å². The maximum atomic E-state index is 13.0. The summed E-state index contributed by atoms with van der Waals surface area (Å²) in [4.78, 5) is 0. The van der Waals surface area contributed by atoms with Crippen LogP contribution in [0.5, 0.6) is 0 Å². The summed E-state index contributed by atoms with van der Waals surface area (Å²) < 4.78 is 13.0. The summed E-state index contributed by atoms with van der Waals surface area (Å²) in [5.74, 6) is -0.163.